The molecule has 0 amide bonds. The molecular formula is C20H25N3. The maximum absolute atomic E-state index is 4.55. The van der Waals surface area contributed by atoms with Gasteiger partial charge in [-0.1, -0.05) is 30.3 Å². The summed E-state index contributed by atoms with van der Waals surface area (Å²) in [5, 5.41) is 7.15. The van der Waals surface area contributed by atoms with Crippen molar-refractivity contribution in [1.29, 1.82) is 0 Å². The van der Waals surface area contributed by atoms with Crippen LogP contribution in [0.1, 0.15) is 50.0 Å². The Morgan fingerprint density at radius 3 is 2.39 bits per heavy atom. The van der Waals surface area contributed by atoms with E-state index in [9.17, 15) is 0 Å². The van der Waals surface area contributed by atoms with Crippen molar-refractivity contribution in [2.45, 2.75) is 56.5 Å². The lowest BCUT2D eigenvalue weighted by atomic mass is 9.93. The third kappa shape index (κ3) is 3.49. The van der Waals surface area contributed by atoms with Crippen LogP contribution < -0.4 is 10.6 Å². The Kier molecular flexibility index (Phi) is 4.18. The number of rotatable bonds is 5. The zero-order valence-corrected chi connectivity index (χ0v) is 13.5. The number of nitrogens with zero attached hydrogens (tertiary/aromatic N) is 1. The van der Waals surface area contributed by atoms with E-state index in [1.807, 2.05) is 6.20 Å². The highest BCUT2D eigenvalue weighted by Gasteiger charge is 2.25. The van der Waals surface area contributed by atoms with Crippen LogP contribution in [0.25, 0.3) is 0 Å². The Morgan fingerprint density at radius 1 is 0.826 bits per heavy atom. The number of anilines is 2. The standard InChI is InChI=1S/C20H25N3/c1-2-5-15(6-3-1)16-9-10-18(13-16)22-19-11-12-20(21-14-19)23-17-7-4-8-17/h1-3,5-6,11-12,14,16-18,22H,4,7-10,13H2,(H,21,23). The van der Waals surface area contributed by atoms with E-state index >= 15 is 0 Å². The van der Waals surface area contributed by atoms with E-state index in [-0.39, 0.29) is 0 Å². The van der Waals surface area contributed by atoms with E-state index in [0.29, 0.717) is 18.0 Å². The maximum Gasteiger partial charge on any atom is 0.126 e. The summed E-state index contributed by atoms with van der Waals surface area (Å²) in [4.78, 5) is 4.55. The van der Waals surface area contributed by atoms with Crippen LogP contribution in [0.2, 0.25) is 0 Å². The molecule has 2 fully saturated rings. The summed E-state index contributed by atoms with van der Waals surface area (Å²) in [5.41, 5.74) is 2.62. The summed E-state index contributed by atoms with van der Waals surface area (Å²) in [5.74, 6) is 1.70. The van der Waals surface area contributed by atoms with E-state index in [2.05, 4.69) is 58.1 Å². The summed E-state index contributed by atoms with van der Waals surface area (Å²) >= 11 is 0. The number of nitrogens with one attached hydrogen (secondary N) is 2. The molecule has 3 nitrogen and oxygen atoms in total. The molecule has 2 aromatic rings. The number of hydrogen-bond acceptors (Lipinski definition) is 3. The molecule has 1 aromatic heterocycles. The quantitative estimate of drug-likeness (QED) is 0.833. The molecule has 2 N–H and O–H groups in total. The Bertz CT molecular complexity index is 619. The first-order chi connectivity index (χ1) is 11.4. The number of benzene rings is 1. The van der Waals surface area contributed by atoms with Crippen molar-refractivity contribution < 1.29 is 0 Å². The Hall–Kier alpha value is -2.03. The fraction of sp³-hybridized carbons (Fsp3) is 0.450. The molecule has 0 spiro atoms. The smallest absolute Gasteiger partial charge is 0.126 e. The Labute approximate surface area is 138 Å². The molecule has 2 aliphatic rings. The monoisotopic (exact) mass is 307 g/mol. The Morgan fingerprint density at radius 2 is 1.70 bits per heavy atom. The van der Waals surface area contributed by atoms with Crippen molar-refractivity contribution in [1.82, 2.24) is 4.98 Å². The molecule has 120 valence electrons. The molecule has 23 heavy (non-hydrogen) atoms. The van der Waals surface area contributed by atoms with Gasteiger partial charge in [0.1, 0.15) is 5.82 Å². The van der Waals surface area contributed by atoms with Crippen LogP contribution in [-0.2, 0) is 0 Å². The minimum Gasteiger partial charge on any atom is -0.381 e. The van der Waals surface area contributed by atoms with Crippen molar-refractivity contribution in [3.8, 4) is 0 Å². The van der Waals surface area contributed by atoms with Gasteiger partial charge >= 0.3 is 0 Å². The molecule has 4 rings (SSSR count). The molecule has 3 heteroatoms. The number of hydrogen-bond donors (Lipinski definition) is 2. The van der Waals surface area contributed by atoms with E-state index in [1.54, 1.807) is 0 Å². The van der Waals surface area contributed by atoms with Gasteiger partial charge in [0.15, 0.2) is 0 Å². The first-order valence-corrected chi connectivity index (χ1v) is 8.91. The fourth-order valence-electron chi connectivity index (χ4n) is 3.70. The highest BCUT2D eigenvalue weighted by Crippen LogP contribution is 2.35. The average molecular weight is 307 g/mol. The SMILES string of the molecule is c1ccc(C2CCC(Nc3ccc(NC4CCC4)nc3)C2)cc1. The predicted molar refractivity (Wildman–Crippen MR) is 95.9 cm³/mol. The largest absolute Gasteiger partial charge is 0.381 e. The van der Waals surface area contributed by atoms with Gasteiger partial charge in [0.25, 0.3) is 0 Å². The fourth-order valence-corrected chi connectivity index (χ4v) is 3.70. The lowest BCUT2D eigenvalue weighted by Gasteiger charge is -2.27. The molecule has 0 saturated heterocycles. The third-order valence-corrected chi connectivity index (χ3v) is 5.30. The predicted octanol–water partition coefficient (Wildman–Crippen LogP) is 4.79. The summed E-state index contributed by atoms with van der Waals surface area (Å²) in [6.07, 6.45) is 9.61. The second kappa shape index (κ2) is 6.61. The van der Waals surface area contributed by atoms with Gasteiger partial charge in [0.2, 0.25) is 0 Å². The molecule has 1 heterocycles. The number of pyridine rings is 1. The summed E-state index contributed by atoms with van der Waals surface area (Å²) < 4.78 is 0. The van der Waals surface area contributed by atoms with Gasteiger partial charge in [0.05, 0.1) is 11.9 Å². The molecule has 1 aromatic carbocycles. The van der Waals surface area contributed by atoms with Gasteiger partial charge in [-0.15, -0.1) is 0 Å². The summed E-state index contributed by atoms with van der Waals surface area (Å²) in [6, 6.07) is 16.4. The minimum absolute atomic E-state index is 0.562. The van der Waals surface area contributed by atoms with Crippen LogP contribution in [0.4, 0.5) is 11.5 Å². The zero-order chi connectivity index (χ0) is 15.5. The van der Waals surface area contributed by atoms with Crippen LogP contribution >= 0.6 is 0 Å². The first-order valence-electron chi connectivity index (χ1n) is 8.91. The normalized spacial score (nSPS) is 24.2. The topological polar surface area (TPSA) is 37.0 Å². The molecule has 2 unspecified atom stereocenters. The summed E-state index contributed by atoms with van der Waals surface area (Å²) in [6.45, 7) is 0. The van der Waals surface area contributed by atoms with Gasteiger partial charge in [0, 0.05) is 12.1 Å². The van der Waals surface area contributed by atoms with E-state index in [4.69, 9.17) is 0 Å². The highest BCUT2D eigenvalue weighted by atomic mass is 15.0. The van der Waals surface area contributed by atoms with Crippen molar-refractivity contribution in [2.24, 2.45) is 0 Å². The van der Waals surface area contributed by atoms with Crippen LogP contribution in [-0.4, -0.2) is 17.1 Å². The zero-order valence-electron chi connectivity index (χ0n) is 13.5. The van der Waals surface area contributed by atoms with Gasteiger partial charge in [-0.2, -0.15) is 0 Å². The average Bonchev–Trinajstić information content (AvgIpc) is 3.02. The van der Waals surface area contributed by atoms with E-state index in [1.165, 1.54) is 44.1 Å². The van der Waals surface area contributed by atoms with Crippen LogP contribution in [0.5, 0.6) is 0 Å². The molecule has 0 radical (unpaired) electrons. The van der Waals surface area contributed by atoms with Crippen LogP contribution in [0, 0.1) is 0 Å². The molecular weight excluding hydrogens is 282 g/mol. The van der Waals surface area contributed by atoms with E-state index < -0.39 is 0 Å². The van der Waals surface area contributed by atoms with Gasteiger partial charge in [-0.25, -0.2) is 4.98 Å². The molecule has 0 aliphatic heterocycles. The van der Waals surface area contributed by atoms with Gasteiger partial charge < -0.3 is 10.6 Å². The molecule has 2 saturated carbocycles. The van der Waals surface area contributed by atoms with Crippen molar-refractivity contribution in [2.75, 3.05) is 10.6 Å². The van der Waals surface area contributed by atoms with Gasteiger partial charge in [-0.05, 0) is 62.1 Å². The minimum atomic E-state index is 0.562. The molecule has 2 aliphatic carbocycles. The molecule has 2 atom stereocenters. The van der Waals surface area contributed by atoms with Crippen LogP contribution in [0.15, 0.2) is 48.7 Å². The van der Waals surface area contributed by atoms with Crippen molar-refractivity contribution in [3.63, 3.8) is 0 Å². The second-order valence-corrected chi connectivity index (χ2v) is 6.97. The summed E-state index contributed by atoms with van der Waals surface area (Å²) in [7, 11) is 0. The lowest BCUT2D eigenvalue weighted by Crippen LogP contribution is -2.27. The Balaban J connectivity index is 1.32. The highest BCUT2D eigenvalue weighted by molar-refractivity contribution is 5.48. The van der Waals surface area contributed by atoms with Crippen molar-refractivity contribution >= 4 is 11.5 Å². The van der Waals surface area contributed by atoms with Crippen molar-refractivity contribution in [3.05, 3.63) is 54.2 Å². The molecule has 0 bridgehead atoms. The van der Waals surface area contributed by atoms with E-state index in [0.717, 1.165) is 11.5 Å². The lowest BCUT2D eigenvalue weighted by molar-refractivity contribution is 0.444. The maximum atomic E-state index is 4.55. The third-order valence-electron chi connectivity index (χ3n) is 5.30. The number of aromatic nitrogens is 1. The first kappa shape index (κ1) is 14.6. The van der Waals surface area contributed by atoms with Gasteiger partial charge in [-0.3, -0.25) is 0 Å². The van der Waals surface area contributed by atoms with Crippen LogP contribution in [0.3, 0.4) is 0 Å². The second-order valence-electron chi connectivity index (χ2n) is 6.97.